The van der Waals surface area contributed by atoms with Crippen molar-refractivity contribution in [1.29, 1.82) is 0 Å². The Kier molecular flexibility index (Phi) is 5.15. The number of ether oxygens (including phenoxy) is 1. The van der Waals surface area contributed by atoms with E-state index in [9.17, 15) is 27.2 Å². The Labute approximate surface area is 175 Å². The number of aromatic nitrogens is 1. The standard InChI is InChI=1S/C19H10F4N4O3S/c20-9-1-6-13-12(7-9)15(17(29)26-13)27-18-24-8-14(31-18)16(28)25-10-2-4-11(5-3-10)30-19(21,22)23/h1-8H,(H,25,28)(H,24,26,27,29). The van der Waals surface area contributed by atoms with Crippen molar-refractivity contribution in [3.63, 3.8) is 0 Å². The van der Waals surface area contributed by atoms with Crippen molar-refractivity contribution in [2.45, 2.75) is 6.36 Å². The maximum atomic E-state index is 13.5. The van der Waals surface area contributed by atoms with E-state index in [1.807, 2.05) is 0 Å². The highest BCUT2D eigenvalue weighted by Crippen LogP contribution is 2.29. The molecule has 0 aliphatic carbocycles. The van der Waals surface area contributed by atoms with Gasteiger partial charge in [-0.3, -0.25) is 9.59 Å². The van der Waals surface area contributed by atoms with Crippen LogP contribution in [-0.2, 0) is 4.79 Å². The van der Waals surface area contributed by atoms with Gasteiger partial charge in [0, 0.05) is 11.3 Å². The third-order valence-corrected chi connectivity index (χ3v) is 4.86. The fraction of sp³-hybridized carbons (Fsp3) is 0.0526. The van der Waals surface area contributed by atoms with Crippen molar-refractivity contribution >= 4 is 45.4 Å². The van der Waals surface area contributed by atoms with Gasteiger partial charge in [0.15, 0.2) is 0 Å². The highest BCUT2D eigenvalue weighted by Gasteiger charge is 2.31. The summed E-state index contributed by atoms with van der Waals surface area (Å²) < 4.78 is 53.8. The van der Waals surface area contributed by atoms with Crippen LogP contribution in [0.25, 0.3) is 0 Å². The van der Waals surface area contributed by atoms with E-state index in [4.69, 9.17) is 0 Å². The molecule has 0 saturated carbocycles. The van der Waals surface area contributed by atoms with Gasteiger partial charge in [0.05, 0.1) is 11.9 Å². The van der Waals surface area contributed by atoms with Gasteiger partial charge in [-0.1, -0.05) is 11.3 Å². The van der Waals surface area contributed by atoms with Crippen LogP contribution in [-0.4, -0.2) is 28.9 Å². The number of aliphatic imine (C=N–C) groups is 1. The molecule has 0 spiro atoms. The summed E-state index contributed by atoms with van der Waals surface area (Å²) >= 11 is 0.881. The lowest BCUT2D eigenvalue weighted by molar-refractivity contribution is -0.274. The molecule has 1 aliphatic heterocycles. The van der Waals surface area contributed by atoms with Gasteiger partial charge >= 0.3 is 6.36 Å². The van der Waals surface area contributed by atoms with Crippen LogP contribution in [0.4, 0.5) is 34.1 Å². The average molecular weight is 450 g/mol. The van der Waals surface area contributed by atoms with Crippen molar-refractivity contribution < 1.29 is 31.9 Å². The van der Waals surface area contributed by atoms with Crippen LogP contribution in [0.1, 0.15) is 15.2 Å². The van der Waals surface area contributed by atoms with Crippen molar-refractivity contribution in [2.24, 2.45) is 4.99 Å². The largest absolute Gasteiger partial charge is 0.573 e. The molecule has 31 heavy (non-hydrogen) atoms. The number of hydrogen-bond donors (Lipinski definition) is 2. The van der Waals surface area contributed by atoms with E-state index in [2.05, 4.69) is 25.3 Å². The molecule has 1 aromatic heterocycles. The van der Waals surface area contributed by atoms with Crippen molar-refractivity contribution in [1.82, 2.24) is 4.98 Å². The lowest BCUT2D eigenvalue weighted by Crippen LogP contribution is -2.17. The lowest BCUT2D eigenvalue weighted by atomic mass is 10.1. The van der Waals surface area contributed by atoms with E-state index in [1.54, 1.807) is 0 Å². The first-order valence-corrected chi connectivity index (χ1v) is 9.32. The Hall–Kier alpha value is -3.80. The minimum Gasteiger partial charge on any atom is -0.406 e. The molecular formula is C19H10F4N4O3S. The number of benzene rings is 2. The zero-order valence-corrected chi connectivity index (χ0v) is 16.0. The van der Waals surface area contributed by atoms with Crippen LogP contribution in [0.15, 0.2) is 53.7 Å². The van der Waals surface area contributed by atoms with Crippen LogP contribution in [0.3, 0.4) is 0 Å². The second-order valence-corrected chi connectivity index (χ2v) is 7.15. The summed E-state index contributed by atoms with van der Waals surface area (Å²) in [7, 11) is 0. The number of carbonyl (C=O) groups is 2. The van der Waals surface area contributed by atoms with Gasteiger partial charge in [-0.05, 0) is 42.5 Å². The molecule has 0 unspecified atom stereocenters. The molecule has 2 aromatic carbocycles. The molecule has 7 nitrogen and oxygen atoms in total. The molecule has 0 atom stereocenters. The first kappa shape index (κ1) is 20.5. The number of hydrogen-bond acceptors (Lipinski definition) is 6. The number of carbonyl (C=O) groups excluding carboxylic acids is 2. The highest BCUT2D eigenvalue weighted by molar-refractivity contribution is 7.17. The maximum Gasteiger partial charge on any atom is 0.573 e. The number of amides is 2. The predicted molar refractivity (Wildman–Crippen MR) is 104 cm³/mol. The summed E-state index contributed by atoms with van der Waals surface area (Å²) in [6.45, 7) is 0. The first-order chi connectivity index (χ1) is 14.7. The van der Waals surface area contributed by atoms with E-state index >= 15 is 0 Å². The van der Waals surface area contributed by atoms with Crippen LogP contribution < -0.4 is 15.4 Å². The van der Waals surface area contributed by atoms with Gasteiger partial charge in [0.25, 0.3) is 11.8 Å². The Morgan fingerprint density at radius 2 is 1.90 bits per heavy atom. The summed E-state index contributed by atoms with van der Waals surface area (Å²) in [5.41, 5.74) is 0.904. The first-order valence-electron chi connectivity index (χ1n) is 8.51. The molecule has 0 fully saturated rings. The highest BCUT2D eigenvalue weighted by atomic mass is 32.1. The monoisotopic (exact) mass is 450 g/mol. The molecule has 0 radical (unpaired) electrons. The number of anilines is 2. The van der Waals surface area contributed by atoms with E-state index in [0.29, 0.717) is 5.69 Å². The van der Waals surface area contributed by atoms with E-state index in [0.717, 1.165) is 23.5 Å². The van der Waals surface area contributed by atoms with Gasteiger partial charge in [0.2, 0.25) is 5.13 Å². The SMILES string of the molecule is O=C1Nc2ccc(F)cc2C1=Nc1ncc(C(=O)Nc2ccc(OC(F)(F)F)cc2)s1. The summed E-state index contributed by atoms with van der Waals surface area (Å²) in [5, 5.41) is 5.16. The van der Waals surface area contributed by atoms with Crippen molar-refractivity contribution in [2.75, 3.05) is 10.6 Å². The minimum absolute atomic E-state index is 0.0314. The van der Waals surface area contributed by atoms with Gasteiger partial charge in [0.1, 0.15) is 22.2 Å². The molecule has 158 valence electrons. The average Bonchev–Trinajstić information content (AvgIpc) is 3.28. The zero-order chi connectivity index (χ0) is 22.2. The molecule has 0 bridgehead atoms. The van der Waals surface area contributed by atoms with Crippen LogP contribution in [0.5, 0.6) is 5.75 Å². The summed E-state index contributed by atoms with van der Waals surface area (Å²) in [4.78, 5) is 32.7. The van der Waals surface area contributed by atoms with Gasteiger partial charge < -0.3 is 15.4 Å². The third kappa shape index (κ3) is 4.69. The summed E-state index contributed by atoms with van der Waals surface area (Å²) in [6.07, 6.45) is -3.58. The molecule has 0 saturated heterocycles. The minimum atomic E-state index is -4.81. The number of halogens is 4. The number of nitrogens with zero attached hydrogens (tertiary/aromatic N) is 2. The molecule has 12 heteroatoms. The van der Waals surface area contributed by atoms with Gasteiger partial charge in [-0.15, -0.1) is 13.2 Å². The van der Waals surface area contributed by atoms with Crippen molar-refractivity contribution in [3.8, 4) is 5.75 Å². The lowest BCUT2D eigenvalue weighted by Gasteiger charge is -2.09. The molecule has 1 aliphatic rings. The predicted octanol–water partition coefficient (Wildman–Crippen LogP) is 4.51. The van der Waals surface area contributed by atoms with Crippen LogP contribution in [0, 0.1) is 5.82 Å². The Morgan fingerprint density at radius 1 is 1.16 bits per heavy atom. The number of fused-ring (bicyclic) bond motifs is 1. The van der Waals surface area contributed by atoms with Gasteiger partial charge in [-0.25, -0.2) is 14.4 Å². The Bertz CT molecular complexity index is 1210. The smallest absolute Gasteiger partial charge is 0.406 e. The molecule has 4 rings (SSSR count). The Balaban J connectivity index is 1.48. The summed E-state index contributed by atoms with van der Waals surface area (Å²) in [5.74, 6) is -2.06. The van der Waals surface area contributed by atoms with Crippen LogP contribution >= 0.6 is 11.3 Å². The second kappa shape index (κ2) is 7.80. The number of nitrogens with one attached hydrogen (secondary N) is 2. The molecule has 2 amide bonds. The number of alkyl halides is 3. The number of rotatable bonds is 4. The zero-order valence-electron chi connectivity index (χ0n) is 15.2. The molecular weight excluding hydrogens is 440 g/mol. The van der Waals surface area contributed by atoms with E-state index in [-0.39, 0.29) is 27.0 Å². The fourth-order valence-electron chi connectivity index (χ4n) is 2.69. The topological polar surface area (TPSA) is 92.7 Å². The molecule has 3 aromatic rings. The fourth-order valence-corrected chi connectivity index (χ4v) is 3.37. The molecule has 2 N–H and O–H groups in total. The van der Waals surface area contributed by atoms with E-state index in [1.165, 1.54) is 36.5 Å². The maximum absolute atomic E-state index is 13.5. The normalized spacial score (nSPS) is 14.3. The van der Waals surface area contributed by atoms with Crippen LogP contribution in [0.2, 0.25) is 0 Å². The summed E-state index contributed by atoms with van der Waals surface area (Å²) in [6, 6.07) is 8.39. The second-order valence-electron chi connectivity index (χ2n) is 6.14. The quantitative estimate of drug-likeness (QED) is 0.573. The Morgan fingerprint density at radius 3 is 2.61 bits per heavy atom. The van der Waals surface area contributed by atoms with Gasteiger partial charge in [-0.2, -0.15) is 0 Å². The van der Waals surface area contributed by atoms with E-state index < -0.39 is 29.7 Å². The van der Waals surface area contributed by atoms with Crippen molar-refractivity contribution in [3.05, 3.63) is 64.9 Å². The molecule has 2 heterocycles. The number of thiazole rings is 1. The third-order valence-electron chi connectivity index (χ3n) is 3.97.